The molecule has 0 saturated heterocycles. The molecule has 3 heteroatoms. The summed E-state index contributed by atoms with van der Waals surface area (Å²) in [5.41, 5.74) is 0.253. The number of likely N-dealkylation sites (N-methyl/N-ethyl adjacent to an activating group) is 1. The van der Waals surface area contributed by atoms with Crippen LogP contribution in [0.1, 0.15) is 19.8 Å². The van der Waals surface area contributed by atoms with Gasteiger partial charge < -0.3 is 10.1 Å². The van der Waals surface area contributed by atoms with Crippen molar-refractivity contribution in [1.82, 2.24) is 10.2 Å². The Bertz CT molecular complexity index is 234. The average molecular weight is 212 g/mol. The molecule has 0 heterocycles. The molecule has 3 nitrogen and oxygen atoms in total. The average Bonchev–Trinajstić information content (AvgIpc) is 2.76. The molecule has 88 valence electrons. The van der Waals surface area contributed by atoms with Crippen molar-refractivity contribution in [2.45, 2.75) is 25.4 Å². The van der Waals surface area contributed by atoms with Crippen LogP contribution in [0.15, 0.2) is 0 Å². The van der Waals surface area contributed by atoms with Crippen molar-refractivity contribution >= 4 is 0 Å². The standard InChI is InChI=1S/C12H24N2O/c1-9-10-5-6-12(13-2,11(9)10)14(3)7-8-15-4/h9-11,13H,5-8H2,1-4H3. The van der Waals surface area contributed by atoms with Gasteiger partial charge in [-0.3, -0.25) is 4.90 Å². The third-order valence-electron chi connectivity index (χ3n) is 4.72. The Balaban J connectivity index is 2.02. The molecule has 0 aromatic carbocycles. The van der Waals surface area contributed by atoms with Gasteiger partial charge in [-0.25, -0.2) is 0 Å². The van der Waals surface area contributed by atoms with E-state index in [-0.39, 0.29) is 5.66 Å². The first-order valence-corrected chi connectivity index (χ1v) is 6.06. The van der Waals surface area contributed by atoms with Crippen LogP contribution >= 0.6 is 0 Å². The van der Waals surface area contributed by atoms with Crippen molar-refractivity contribution in [3.63, 3.8) is 0 Å². The summed E-state index contributed by atoms with van der Waals surface area (Å²) in [6.45, 7) is 4.24. The molecule has 2 aliphatic carbocycles. The van der Waals surface area contributed by atoms with Crippen LogP contribution in [0.5, 0.6) is 0 Å². The summed E-state index contributed by atoms with van der Waals surface area (Å²) in [5, 5.41) is 3.58. The lowest BCUT2D eigenvalue weighted by molar-refractivity contribution is 0.0413. The molecule has 0 bridgehead atoms. The summed E-state index contributed by atoms with van der Waals surface area (Å²) < 4.78 is 5.17. The highest BCUT2D eigenvalue weighted by Gasteiger charge is 2.64. The molecule has 2 saturated carbocycles. The minimum Gasteiger partial charge on any atom is -0.383 e. The summed E-state index contributed by atoms with van der Waals surface area (Å²) in [4.78, 5) is 2.46. The fraction of sp³-hybridized carbons (Fsp3) is 1.00. The van der Waals surface area contributed by atoms with E-state index in [1.807, 2.05) is 0 Å². The molecule has 15 heavy (non-hydrogen) atoms. The second kappa shape index (κ2) is 4.04. The summed E-state index contributed by atoms with van der Waals surface area (Å²) in [5.74, 6) is 2.75. The van der Waals surface area contributed by atoms with Crippen molar-refractivity contribution in [3.05, 3.63) is 0 Å². The van der Waals surface area contributed by atoms with E-state index < -0.39 is 0 Å². The van der Waals surface area contributed by atoms with E-state index in [1.165, 1.54) is 12.8 Å². The Kier molecular flexibility index (Phi) is 3.06. The molecule has 2 fully saturated rings. The number of nitrogens with zero attached hydrogens (tertiary/aromatic N) is 1. The molecule has 0 amide bonds. The summed E-state index contributed by atoms with van der Waals surface area (Å²) in [6, 6.07) is 0. The number of rotatable bonds is 5. The fourth-order valence-corrected chi connectivity index (χ4v) is 3.69. The SMILES string of the molecule is CNC1(N(C)CCOC)CCC2C(C)C21. The summed E-state index contributed by atoms with van der Waals surface area (Å²) >= 11 is 0. The van der Waals surface area contributed by atoms with Gasteiger partial charge in [0.2, 0.25) is 0 Å². The van der Waals surface area contributed by atoms with Crippen LogP contribution in [0, 0.1) is 17.8 Å². The zero-order chi connectivity index (χ0) is 11.1. The van der Waals surface area contributed by atoms with Crippen LogP contribution in [0.2, 0.25) is 0 Å². The molecule has 0 aromatic rings. The van der Waals surface area contributed by atoms with Crippen molar-refractivity contribution in [2.75, 3.05) is 34.4 Å². The lowest BCUT2D eigenvalue weighted by atomic mass is 9.99. The third kappa shape index (κ3) is 1.61. The molecule has 0 spiro atoms. The van der Waals surface area contributed by atoms with Gasteiger partial charge in [0, 0.05) is 13.7 Å². The molecule has 0 radical (unpaired) electrons. The predicted octanol–water partition coefficient (Wildman–Crippen LogP) is 1.16. The number of methoxy groups -OCH3 is 1. The fourth-order valence-electron chi connectivity index (χ4n) is 3.69. The van der Waals surface area contributed by atoms with Crippen molar-refractivity contribution in [3.8, 4) is 0 Å². The molecule has 1 N–H and O–H groups in total. The quantitative estimate of drug-likeness (QED) is 0.692. The second-order valence-corrected chi connectivity index (χ2v) is 5.18. The third-order valence-corrected chi connectivity index (χ3v) is 4.72. The number of hydrogen-bond acceptors (Lipinski definition) is 3. The molecular formula is C12H24N2O. The largest absolute Gasteiger partial charge is 0.383 e. The topological polar surface area (TPSA) is 24.5 Å². The lowest BCUT2D eigenvalue weighted by Gasteiger charge is -2.41. The molecule has 4 unspecified atom stereocenters. The zero-order valence-corrected chi connectivity index (χ0v) is 10.4. The van der Waals surface area contributed by atoms with Gasteiger partial charge in [0.05, 0.1) is 12.3 Å². The van der Waals surface area contributed by atoms with Gasteiger partial charge in [-0.15, -0.1) is 0 Å². The van der Waals surface area contributed by atoms with Gasteiger partial charge in [0.1, 0.15) is 0 Å². The molecule has 4 atom stereocenters. The Morgan fingerprint density at radius 3 is 2.73 bits per heavy atom. The first-order chi connectivity index (χ1) is 7.17. The van der Waals surface area contributed by atoms with E-state index in [4.69, 9.17) is 4.74 Å². The van der Waals surface area contributed by atoms with Crippen LogP contribution in [0.4, 0.5) is 0 Å². The lowest BCUT2D eigenvalue weighted by Crippen LogP contribution is -2.57. The predicted molar refractivity (Wildman–Crippen MR) is 61.7 cm³/mol. The highest BCUT2D eigenvalue weighted by atomic mass is 16.5. The first kappa shape index (κ1) is 11.4. The maximum absolute atomic E-state index is 5.17. The highest BCUT2D eigenvalue weighted by molar-refractivity contribution is 5.14. The van der Waals surface area contributed by atoms with E-state index in [0.717, 1.165) is 30.9 Å². The van der Waals surface area contributed by atoms with Gasteiger partial charge in [-0.2, -0.15) is 0 Å². The minimum atomic E-state index is 0.253. The molecule has 0 aliphatic heterocycles. The summed E-state index contributed by atoms with van der Waals surface area (Å²) in [6.07, 6.45) is 2.69. The maximum atomic E-state index is 5.17. The molecule has 2 aliphatic rings. The van der Waals surface area contributed by atoms with Crippen LogP contribution in [-0.2, 0) is 4.74 Å². The van der Waals surface area contributed by atoms with Gasteiger partial charge in [0.25, 0.3) is 0 Å². The zero-order valence-electron chi connectivity index (χ0n) is 10.4. The van der Waals surface area contributed by atoms with E-state index in [9.17, 15) is 0 Å². The Hall–Kier alpha value is -0.120. The second-order valence-electron chi connectivity index (χ2n) is 5.18. The Labute approximate surface area is 93.2 Å². The highest BCUT2D eigenvalue weighted by Crippen LogP contribution is 2.62. The minimum absolute atomic E-state index is 0.253. The molecular weight excluding hydrogens is 188 g/mol. The number of hydrogen-bond donors (Lipinski definition) is 1. The van der Waals surface area contributed by atoms with E-state index >= 15 is 0 Å². The maximum Gasteiger partial charge on any atom is 0.0742 e. The smallest absolute Gasteiger partial charge is 0.0742 e. The monoisotopic (exact) mass is 212 g/mol. The first-order valence-electron chi connectivity index (χ1n) is 6.06. The van der Waals surface area contributed by atoms with E-state index in [0.29, 0.717) is 0 Å². The normalized spacial score (nSPS) is 43.4. The van der Waals surface area contributed by atoms with Crippen LogP contribution in [-0.4, -0.2) is 44.9 Å². The van der Waals surface area contributed by atoms with Crippen LogP contribution in [0.25, 0.3) is 0 Å². The molecule has 2 rings (SSSR count). The van der Waals surface area contributed by atoms with E-state index in [1.54, 1.807) is 7.11 Å². The number of fused-ring (bicyclic) bond motifs is 1. The van der Waals surface area contributed by atoms with Crippen molar-refractivity contribution < 1.29 is 4.74 Å². The van der Waals surface area contributed by atoms with E-state index in [2.05, 4.69) is 31.2 Å². The summed E-state index contributed by atoms with van der Waals surface area (Å²) in [7, 11) is 6.11. The molecule has 0 aromatic heterocycles. The van der Waals surface area contributed by atoms with Gasteiger partial charge in [0.15, 0.2) is 0 Å². The Morgan fingerprint density at radius 2 is 2.27 bits per heavy atom. The Morgan fingerprint density at radius 1 is 1.53 bits per heavy atom. The van der Waals surface area contributed by atoms with Crippen LogP contribution < -0.4 is 5.32 Å². The van der Waals surface area contributed by atoms with Crippen molar-refractivity contribution in [2.24, 2.45) is 17.8 Å². The van der Waals surface area contributed by atoms with Crippen molar-refractivity contribution in [1.29, 1.82) is 0 Å². The van der Waals surface area contributed by atoms with Gasteiger partial charge in [-0.05, 0) is 44.7 Å². The number of nitrogens with one attached hydrogen (secondary N) is 1. The number of ether oxygens (including phenoxy) is 1. The van der Waals surface area contributed by atoms with Gasteiger partial charge >= 0.3 is 0 Å². The van der Waals surface area contributed by atoms with Crippen LogP contribution in [0.3, 0.4) is 0 Å². The van der Waals surface area contributed by atoms with Gasteiger partial charge in [-0.1, -0.05) is 6.92 Å².